The van der Waals surface area contributed by atoms with Crippen LogP contribution >= 0.6 is 0 Å². The van der Waals surface area contributed by atoms with E-state index in [9.17, 15) is 4.79 Å². The molecule has 2 aromatic rings. The van der Waals surface area contributed by atoms with Gasteiger partial charge in [-0.1, -0.05) is 18.9 Å². The van der Waals surface area contributed by atoms with E-state index in [2.05, 4.69) is 10.4 Å². The Bertz CT molecular complexity index is 557. The van der Waals surface area contributed by atoms with Gasteiger partial charge in [-0.05, 0) is 37.1 Å². The summed E-state index contributed by atoms with van der Waals surface area (Å²) >= 11 is 0. The molecule has 4 heteroatoms. The first-order valence-corrected chi connectivity index (χ1v) is 6.74. The van der Waals surface area contributed by atoms with Gasteiger partial charge in [0.25, 0.3) is 0 Å². The molecule has 0 aliphatic heterocycles. The van der Waals surface area contributed by atoms with Crippen molar-refractivity contribution in [2.45, 2.75) is 25.7 Å². The monoisotopic (exact) mass is 255 g/mol. The molecule has 1 aliphatic carbocycles. The average Bonchev–Trinajstić information content (AvgIpc) is 3.13. The molecule has 1 aliphatic rings. The molecule has 0 radical (unpaired) electrons. The van der Waals surface area contributed by atoms with Crippen LogP contribution in [0, 0.1) is 5.92 Å². The molecule has 1 aromatic carbocycles. The Kier molecular flexibility index (Phi) is 3.31. The molecule has 19 heavy (non-hydrogen) atoms. The average molecular weight is 255 g/mol. The van der Waals surface area contributed by atoms with E-state index < -0.39 is 0 Å². The zero-order valence-corrected chi connectivity index (χ0v) is 10.7. The molecule has 0 unspecified atom stereocenters. The van der Waals surface area contributed by atoms with Crippen molar-refractivity contribution in [3.63, 3.8) is 0 Å². The molecule has 98 valence electrons. The Hall–Kier alpha value is -2.10. The molecule has 3 rings (SSSR count). The van der Waals surface area contributed by atoms with Crippen LogP contribution in [0.1, 0.15) is 25.7 Å². The number of hydrogen-bond acceptors (Lipinski definition) is 2. The Morgan fingerprint density at radius 2 is 2.11 bits per heavy atom. The fourth-order valence-electron chi connectivity index (χ4n) is 2.58. The number of rotatable bonds is 3. The van der Waals surface area contributed by atoms with Crippen molar-refractivity contribution >= 4 is 11.6 Å². The summed E-state index contributed by atoms with van der Waals surface area (Å²) in [5.41, 5.74) is 1.79. The van der Waals surface area contributed by atoms with E-state index in [1.807, 2.05) is 36.5 Å². The van der Waals surface area contributed by atoms with Crippen molar-refractivity contribution in [3.8, 4) is 5.69 Å². The first kappa shape index (κ1) is 12.0. The molecule has 0 spiro atoms. The SMILES string of the molecule is O=C(Nc1cccc(-n2cccn2)c1)C1CCCC1. The van der Waals surface area contributed by atoms with Crippen molar-refractivity contribution in [2.24, 2.45) is 5.92 Å². The molecule has 1 N–H and O–H groups in total. The molecule has 0 saturated heterocycles. The zero-order valence-electron chi connectivity index (χ0n) is 10.7. The highest BCUT2D eigenvalue weighted by Gasteiger charge is 2.22. The third-order valence-electron chi connectivity index (χ3n) is 3.61. The summed E-state index contributed by atoms with van der Waals surface area (Å²) < 4.78 is 1.78. The van der Waals surface area contributed by atoms with E-state index in [4.69, 9.17) is 0 Å². The quantitative estimate of drug-likeness (QED) is 0.916. The van der Waals surface area contributed by atoms with Gasteiger partial charge in [-0.2, -0.15) is 5.10 Å². The lowest BCUT2D eigenvalue weighted by molar-refractivity contribution is -0.119. The van der Waals surface area contributed by atoms with Crippen molar-refractivity contribution in [1.29, 1.82) is 0 Å². The standard InChI is InChI=1S/C15H17N3O/c19-15(12-5-1-2-6-12)17-13-7-3-8-14(11-13)18-10-4-9-16-18/h3-4,7-12H,1-2,5-6H2,(H,17,19). The normalized spacial score (nSPS) is 15.6. The van der Waals surface area contributed by atoms with Crippen LogP contribution in [-0.2, 0) is 4.79 Å². The number of nitrogens with zero attached hydrogens (tertiary/aromatic N) is 2. The lowest BCUT2D eigenvalue weighted by Crippen LogP contribution is -2.20. The Morgan fingerprint density at radius 1 is 1.26 bits per heavy atom. The van der Waals surface area contributed by atoms with Gasteiger partial charge >= 0.3 is 0 Å². The second-order valence-corrected chi connectivity index (χ2v) is 4.97. The molecule has 1 heterocycles. The third kappa shape index (κ3) is 2.67. The van der Waals surface area contributed by atoms with Crippen molar-refractivity contribution < 1.29 is 4.79 Å². The Labute approximate surface area is 112 Å². The molecule has 1 aromatic heterocycles. The summed E-state index contributed by atoms with van der Waals surface area (Å²) in [4.78, 5) is 12.1. The molecular weight excluding hydrogens is 238 g/mol. The summed E-state index contributed by atoms with van der Waals surface area (Å²) in [5.74, 6) is 0.337. The van der Waals surface area contributed by atoms with Gasteiger partial charge in [0.2, 0.25) is 5.91 Å². The highest BCUT2D eigenvalue weighted by atomic mass is 16.1. The molecule has 1 fully saturated rings. The first-order chi connectivity index (χ1) is 9.33. The number of amides is 1. The van der Waals surface area contributed by atoms with Crippen LogP contribution in [0.2, 0.25) is 0 Å². The zero-order chi connectivity index (χ0) is 13.1. The van der Waals surface area contributed by atoms with Crippen LogP contribution in [0.25, 0.3) is 5.69 Å². The number of carbonyl (C=O) groups excluding carboxylic acids is 1. The van der Waals surface area contributed by atoms with Gasteiger partial charge in [-0.3, -0.25) is 4.79 Å². The second-order valence-electron chi connectivity index (χ2n) is 4.97. The fraction of sp³-hybridized carbons (Fsp3) is 0.333. The minimum absolute atomic E-state index is 0.148. The van der Waals surface area contributed by atoms with E-state index in [-0.39, 0.29) is 11.8 Å². The Balaban J connectivity index is 1.74. The molecule has 4 nitrogen and oxygen atoms in total. The topological polar surface area (TPSA) is 46.9 Å². The van der Waals surface area contributed by atoms with E-state index in [1.165, 1.54) is 12.8 Å². The lowest BCUT2D eigenvalue weighted by atomic mass is 10.1. The summed E-state index contributed by atoms with van der Waals surface area (Å²) in [5, 5.41) is 7.19. The molecule has 0 atom stereocenters. The fourth-order valence-corrected chi connectivity index (χ4v) is 2.58. The Morgan fingerprint density at radius 3 is 2.84 bits per heavy atom. The predicted octanol–water partition coefficient (Wildman–Crippen LogP) is 3.00. The van der Waals surface area contributed by atoms with E-state index in [0.29, 0.717) is 0 Å². The number of benzene rings is 1. The van der Waals surface area contributed by atoms with Gasteiger partial charge in [0, 0.05) is 24.0 Å². The van der Waals surface area contributed by atoms with Crippen LogP contribution < -0.4 is 5.32 Å². The summed E-state index contributed by atoms with van der Waals surface area (Å²) in [7, 11) is 0. The van der Waals surface area contributed by atoms with Crippen molar-refractivity contribution in [2.75, 3.05) is 5.32 Å². The van der Waals surface area contributed by atoms with E-state index >= 15 is 0 Å². The largest absolute Gasteiger partial charge is 0.326 e. The van der Waals surface area contributed by atoms with Crippen LogP contribution in [-0.4, -0.2) is 15.7 Å². The number of hydrogen-bond donors (Lipinski definition) is 1. The summed E-state index contributed by atoms with van der Waals surface area (Å²) in [6.07, 6.45) is 8.01. The lowest BCUT2D eigenvalue weighted by Gasteiger charge is -2.11. The minimum atomic E-state index is 0.148. The molecule has 1 amide bonds. The number of anilines is 1. The number of aromatic nitrogens is 2. The van der Waals surface area contributed by atoms with Crippen molar-refractivity contribution in [3.05, 3.63) is 42.7 Å². The smallest absolute Gasteiger partial charge is 0.227 e. The van der Waals surface area contributed by atoms with E-state index in [0.717, 1.165) is 24.2 Å². The highest BCUT2D eigenvalue weighted by molar-refractivity contribution is 5.92. The minimum Gasteiger partial charge on any atom is -0.326 e. The maximum Gasteiger partial charge on any atom is 0.227 e. The third-order valence-corrected chi connectivity index (χ3v) is 3.61. The summed E-state index contributed by atoms with van der Waals surface area (Å²) in [6, 6.07) is 9.64. The van der Waals surface area contributed by atoms with Gasteiger partial charge in [-0.15, -0.1) is 0 Å². The predicted molar refractivity (Wildman–Crippen MR) is 74.2 cm³/mol. The van der Waals surface area contributed by atoms with Crippen LogP contribution in [0.15, 0.2) is 42.7 Å². The maximum atomic E-state index is 12.1. The van der Waals surface area contributed by atoms with Gasteiger partial charge in [0.15, 0.2) is 0 Å². The van der Waals surface area contributed by atoms with Gasteiger partial charge in [0.05, 0.1) is 5.69 Å². The van der Waals surface area contributed by atoms with Crippen LogP contribution in [0.5, 0.6) is 0 Å². The second kappa shape index (κ2) is 5.26. The van der Waals surface area contributed by atoms with Crippen LogP contribution in [0.4, 0.5) is 5.69 Å². The van der Waals surface area contributed by atoms with E-state index in [1.54, 1.807) is 10.9 Å². The maximum absolute atomic E-state index is 12.1. The van der Waals surface area contributed by atoms with Crippen LogP contribution in [0.3, 0.4) is 0 Å². The van der Waals surface area contributed by atoms with Crippen molar-refractivity contribution in [1.82, 2.24) is 9.78 Å². The van der Waals surface area contributed by atoms with Gasteiger partial charge in [-0.25, -0.2) is 4.68 Å². The number of nitrogens with one attached hydrogen (secondary N) is 1. The highest BCUT2D eigenvalue weighted by Crippen LogP contribution is 2.26. The first-order valence-electron chi connectivity index (χ1n) is 6.74. The molecule has 1 saturated carbocycles. The molecular formula is C15H17N3O. The summed E-state index contributed by atoms with van der Waals surface area (Å²) in [6.45, 7) is 0. The number of carbonyl (C=O) groups is 1. The molecule has 0 bridgehead atoms. The van der Waals surface area contributed by atoms with Gasteiger partial charge < -0.3 is 5.32 Å². The van der Waals surface area contributed by atoms with Gasteiger partial charge in [0.1, 0.15) is 0 Å².